The Kier molecular flexibility index (Phi) is 10.3. The van der Waals surface area contributed by atoms with E-state index >= 15 is 0 Å². The molecule has 2 nitrogen and oxygen atoms in total. The van der Waals surface area contributed by atoms with Crippen molar-refractivity contribution in [2.45, 2.75) is 79.1 Å². The van der Waals surface area contributed by atoms with Crippen molar-refractivity contribution in [1.82, 2.24) is 0 Å². The predicted molar refractivity (Wildman–Crippen MR) is 91.4 cm³/mol. The zero-order valence-corrected chi connectivity index (χ0v) is 14.7. The Labute approximate surface area is 131 Å². The highest BCUT2D eigenvalue weighted by molar-refractivity contribution is 6.07. The fourth-order valence-electron chi connectivity index (χ4n) is 3.46. The lowest BCUT2D eigenvalue weighted by molar-refractivity contribution is -0.124. The van der Waals surface area contributed by atoms with E-state index in [0.717, 1.165) is 44.8 Å². The van der Waals surface area contributed by atoms with Gasteiger partial charge in [-0.3, -0.25) is 4.79 Å². The molecule has 2 heteroatoms. The number of allylic oxidation sites excluding steroid dienone is 4. The summed E-state index contributed by atoms with van der Waals surface area (Å²) in [6.07, 6.45) is 13.5. The van der Waals surface area contributed by atoms with Crippen molar-refractivity contribution in [3.05, 3.63) is 23.3 Å². The van der Waals surface area contributed by atoms with Gasteiger partial charge in [-0.15, -0.1) is 0 Å². The summed E-state index contributed by atoms with van der Waals surface area (Å²) in [7, 11) is 1.00. The predicted octanol–water partition coefficient (Wildman–Crippen LogP) is 5.22. The highest BCUT2D eigenvalue weighted by Crippen LogP contribution is 2.51. The minimum absolute atomic E-state index is 0.000255. The molecule has 1 N–H and O–H groups in total. The van der Waals surface area contributed by atoms with Gasteiger partial charge in [0.15, 0.2) is 5.78 Å². The largest absolute Gasteiger partial charge is 0.400 e. The number of hydrogen-bond acceptors (Lipinski definition) is 2. The SMILES string of the molecule is CC.CC/C=C1/CC2(CCCCC2)C(=O)/C1=C/CC.CO. The van der Waals surface area contributed by atoms with Gasteiger partial charge in [0.05, 0.1) is 0 Å². The van der Waals surface area contributed by atoms with Crippen LogP contribution in [0.15, 0.2) is 23.3 Å². The second kappa shape index (κ2) is 10.8. The summed E-state index contributed by atoms with van der Waals surface area (Å²) in [5.74, 6) is 0.457. The van der Waals surface area contributed by atoms with Crippen LogP contribution in [0.3, 0.4) is 0 Å². The van der Waals surface area contributed by atoms with Gasteiger partial charge in [0, 0.05) is 18.1 Å². The van der Waals surface area contributed by atoms with Crippen LogP contribution in [0.25, 0.3) is 0 Å². The number of ketones is 1. The van der Waals surface area contributed by atoms with Crippen LogP contribution >= 0.6 is 0 Å². The van der Waals surface area contributed by atoms with E-state index in [0.29, 0.717) is 5.78 Å². The Morgan fingerprint density at radius 1 is 1.00 bits per heavy atom. The van der Waals surface area contributed by atoms with Gasteiger partial charge in [-0.1, -0.05) is 59.1 Å². The number of carbonyl (C=O) groups excluding carboxylic acids is 1. The van der Waals surface area contributed by atoms with Crippen LogP contribution in [-0.2, 0) is 4.79 Å². The van der Waals surface area contributed by atoms with Gasteiger partial charge in [0.2, 0.25) is 0 Å². The Hall–Kier alpha value is -0.890. The molecule has 0 aliphatic heterocycles. The molecule has 2 aliphatic rings. The Morgan fingerprint density at radius 2 is 1.52 bits per heavy atom. The Bertz CT molecular complexity index is 358. The van der Waals surface area contributed by atoms with E-state index in [9.17, 15) is 4.79 Å². The van der Waals surface area contributed by atoms with Crippen molar-refractivity contribution >= 4 is 5.78 Å². The van der Waals surface area contributed by atoms with Gasteiger partial charge in [-0.2, -0.15) is 0 Å². The maximum Gasteiger partial charge on any atom is 0.169 e. The molecule has 0 amide bonds. The molecule has 122 valence electrons. The lowest BCUT2D eigenvalue weighted by Gasteiger charge is -2.30. The average Bonchev–Trinajstić information content (AvgIpc) is 2.78. The molecule has 0 aromatic rings. The van der Waals surface area contributed by atoms with Gasteiger partial charge in [-0.25, -0.2) is 0 Å². The topological polar surface area (TPSA) is 37.3 Å². The highest BCUT2D eigenvalue weighted by atomic mass is 16.2. The monoisotopic (exact) mass is 294 g/mol. The van der Waals surface area contributed by atoms with Crippen LogP contribution in [-0.4, -0.2) is 18.0 Å². The molecule has 2 aliphatic carbocycles. The first-order valence-corrected chi connectivity index (χ1v) is 8.62. The van der Waals surface area contributed by atoms with Crippen molar-refractivity contribution in [2.24, 2.45) is 5.41 Å². The van der Waals surface area contributed by atoms with Crippen LogP contribution < -0.4 is 0 Å². The maximum absolute atomic E-state index is 12.6. The standard InChI is InChI=1S/C16H24O.C2H6.CH4O/c1-3-8-13-12-16(10-6-5-7-11-16)15(17)14(13)9-4-2;2*1-2/h8-9H,3-7,10-12H2,1-2H3;1-2H3;2H,1H3/b13-8-,14-9+;;. The third kappa shape index (κ3) is 4.81. The van der Waals surface area contributed by atoms with Gasteiger partial charge in [0.1, 0.15) is 0 Å². The molecule has 1 spiro atoms. The van der Waals surface area contributed by atoms with Gasteiger partial charge in [0.25, 0.3) is 0 Å². The van der Waals surface area contributed by atoms with Crippen LogP contribution in [0, 0.1) is 5.41 Å². The van der Waals surface area contributed by atoms with Gasteiger partial charge in [-0.05, 0) is 37.7 Å². The number of aliphatic hydroxyl groups excluding tert-OH is 1. The van der Waals surface area contributed by atoms with E-state index < -0.39 is 0 Å². The van der Waals surface area contributed by atoms with E-state index in [1.807, 2.05) is 13.8 Å². The van der Waals surface area contributed by atoms with Crippen LogP contribution in [0.5, 0.6) is 0 Å². The fourth-order valence-corrected chi connectivity index (χ4v) is 3.46. The number of Topliss-reactive ketones (excluding diaryl/α,β-unsaturated/α-hetero) is 1. The zero-order chi connectivity index (χ0) is 16.3. The first-order chi connectivity index (χ1) is 10.2. The van der Waals surface area contributed by atoms with Crippen LogP contribution in [0.4, 0.5) is 0 Å². The molecule has 0 radical (unpaired) electrons. The molecule has 2 rings (SSSR count). The molecular weight excluding hydrogens is 260 g/mol. The van der Waals surface area contributed by atoms with Gasteiger partial charge >= 0.3 is 0 Å². The Morgan fingerprint density at radius 3 is 2.00 bits per heavy atom. The zero-order valence-electron chi connectivity index (χ0n) is 14.7. The average molecular weight is 294 g/mol. The summed E-state index contributed by atoms with van der Waals surface area (Å²) in [5, 5.41) is 7.00. The summed E-state index contributed by atoms with van der Waals surface area (Å²) < 4.78 is 0. The van der Waals surface area contributed by atoms with Crippen molar-refractivity contribution in [3.8, 4) is 0 Å². The minimum atomic E-state index is 0.000255. The third-order valence-corrected chi connectivity index (χ3v) is 4.27. The molecule has 21 heavy (non-hydrogen) atoms. The molecule has 0 unspecified atom stereocenters. The summed E-state index contributed by atoms with van der Waals surface area (Å²) in [5.41, 5.74) is 2.39. The molecule has 0 aromatic carbocycles. The summed E-state index contributed by atoms with van der Waals surface area (Å²) >= 11 is 0. The van der Waals surface area contributed by atoms with Gasteiger partial charge < -0.3 is 5.11 Å². The molecule has 2 fully saturated rings. The second-order valence-corrected chi connectivity index (χ2v) is 5.51. The minimum Gasteiger partial charge on any atom is -0.400 e. The van der Waals surface area contributed by atoms with Crippen LogP contribution in [0.2, 0.25) is 0 Å². The van der Waals surface area contributed by atoms with Crippen molar-refractivity contribution < 1.29 is 9.90 Å². The van der Waals surface area contributed by atoms with E-state index in [-0.39, 0.29) is 5.41 Å². The molecule has 0 bridgehead atoms. The molecule has 0 heterocycles. The van der Waals surface area contributed by atoms with Crippen molar-refractivity contribution in [3.63, 3.8) is 0 Å². The number of rotatable bonds is 2. The van der Waals surface area contributed by atoms with Crippen molar-refractivity contribution in [1.29, 1.82) is 0 Å². The van der Waals surface area contributed by atoms with E-state index in [1.165, 1.54) is 24.8 Å². The van der Waals surface area contributed by atoms with E-state index in [1.54, 1.807) is 0 Å². The number of hydrogen-bond donors (Lipinski definition) is 1. The maximum atomic E-state index is 12.6. The van der Waals surface area contributed by atoms with Crippen LogP contribution in [0.1, 0.15) is 79.1 Å². The quantitative estimate of drug-likeness (QED) is 0.709. The first-order valence-electron chi connectivity index (χ1n) is 8.62. The lowest BCUT2D eigenvalue weighted by Crippen LogP contribution is -2.28. The van der Waals surface area contributed by atoms with E-state index in [4.69, 9.17) is 5.11 Å². The summed E-state index contributed by atoms with van der Waals surface area (Å²) in [6, 6.07) is 0. The molecule has 2 saturated carbocycles. The van der Waals surface area contributed by atoms with Crippen molar-refractivity contribution in [2.75, 3.05) is 7.11 Å². The second-order valence-electron chi connectivity index (χ2n) is 5.51. The molecule has 0 atom stereocenters. The normalized spacial score (nSPS) is 23.6. The Balaban J connectivity index is 0.000000921. The molecule has 0 aromatic heterocycles. The highest BCUT2D eigenvalue weighted by Gasteiger charge is 2.46. The fraction of sp³-hybridized carbons (Fsp3) is 0.737. The third-order valence-electron chi connectivity index (χ3n) is 4.27. The summed E-state index contributed by atoms with van der Waals surface area (Å²) in [4.78, 5) is 12.6. The summed E-state index contributed by atoms with van der Waals surface area (Å²) in [6.45, 7) is 8.28. The lowest BCUT2D eigenvalue weighted by atomic mass is 9.72. The number of aliphatic hydroxyl groups is 1. The molecular formula is C19H34O2. The number of carbonyl (C=O) groups is 1. The first kappa shape index (κ1) is 20.1. The molecule has 0 saturated heterocycles. The smallest absolute Gasteiger partial charge is 0.169 e. The van der Waals surface area contributed by atoms with E-state index in [2.05, 4.69) is 26.0 Å².